The van der Waals surface area contributed by atoms with Crippen LogP contribution in [0.15, 0.2) is 30.6 Å². The van der Waals surface area contributed by atoms with Gasteiger partial charge in [0.25, 0.3) is 5.91 Å². The smallest absolute Gasteiger partial charge is 0.255 e. The Bertz CT molecular complexity index is 1150. The maximum absolute atomic E-state index is 12.7. The number of hydrogen-bond acceptors (Lipinski definition) is 7. The topological polar surface area (TPSA) is 103 Å². The Balaban J connectivity index is 1.25. The van der Waals surface area contributed by atoms with Crippen molar-refractivity contribution in [3.05, 3.63) is 41.7 Å². The Hall–Kier alpha value is -3.49. The van der Waals surface area contributed by atoms with Crippen LogP contribution in [-0.2, 0) is 4.79 Å². The van der Waals surface area contributed by atoms with Crippen LogP contribution in [0.1, 0.15) is 67.3 Å². The highest BCUT2D eigenvalue weighted by atomic mass is 16.2. The lowest BCUT2D eigenvalue weighted by Crippen LogP contribution is -2.69. The van der Waals surface area contributed by atoms with Gasteiger partial charge in [0.2, 0.25) is 11.9 Å². The van der Waals surface area contributed by atoms with Crippen LogP contribution in [0.4, 0.5) is 17.6 Å². The van der Waals surface area contributed by atoms with Gasteiger partial charge in [-0.2, -0.15) is 4.98 Å². The molecule has 1 spiro atoms. The lowest BCUT2D eigenvalue weighted by Gasteiger charge is -2.54. The average Bonchev–Trinajstić information content (AvgIpc) is 2.91. The number of amides is 2. The summed E-state index contributed by atoms with van der Waals surface area (Å²) in [5, 5.41) is 6.32. The van der Waals surface area contributed by atoms with E-state index in [2.05, 4.69) is 25.5 Å². The molecule has 35 heavy (non-hydrogen) atoms. The van der Waals surface area contributed by atoms with E-state index in [1.807, 2.05) is 17.1 Å². The molecule has 1 saturated carbocycles. The van der Waals surface area contributed by atoms with Crippen LogP contribution in [0, 0.1) is 0 Å². The van der Waals surface area contributed by atoms with Crippen LogP contribution >= 0.6 is 0 Å². The lowest BCUT2D eigenvalue weighted by atomic mass is 9.77. The minimum atomic E-state index is -0.352. The molecule has 1 unspecified atom stereocenters. The molecule has 4 aliphatic rings. The molecule has 0 aromatic carbocycles. The van der Waals surface area contributed by atoms with Crippen LogP contribution in [0.5, 0.6) is 0 Å². The standard InChI is InChI=1S/C26H31N7O2/c34-23-20-9-7-18-15-28-25(31-22(18)33(20)26(17-29-23)11-3-1-4-12-26)30-21-10-8-19(16-27-21)24(35)32-13-5-2-6-14-32/h7-10,15-16,20H,1-6,11-14,17H2,(H,29,34)(H,27,28,30,31). The molecule has 2 amide bonds. The monoisotopic (exact) mass is 473 g/mol. The fourth-order valence-electron chi connectivity index (χ4n) is 5.95. The van der Waals surface area contributed by atoms with Crippen molar-refractivity contribution < 1.29 is 9.59 Å². The highest BCUT2D eigenvalue weighted by Crippen LogP contribution is 2.42. The number of carbonyl (C=O) groups excluding carboxylic acids is 2. The van der Waals surface area contributed by atoms with Gasteiger partial charge in [0, 0.05) is 37.6 Å². The second-order valence-corrected chi connectivity index (χ2v) is 10.1. The molecule has 0 radical (unpaired) electrons. The molecule has 9 heteroatoms. The zero-order valence-corrected chi connectivity index (χ0v) is 19.9. The van der Waals surface area contributed by atoms with E-state index in [0.717, 1.165) is 63.0 Å². The van der Waals surface area contributed by atoms with E-state index in [0.29, 0.717) is 23.9 Å². The first kappa shape index (κ1) is 22.0. The number of fused-ring (bicyclic) bond motifs is 4. The maximum atomic E-state index is 12.7. The molecule has 5 heterocycles. The number of rotatable bonds is 3. The quantitative estimate of drug-likeness (QED) is 0.705. The fourth-order valence-corrected chi connectivity index (χ4v) is 5.95. The maximum Gasteiger partial charge on any atom is 0.255 e. The summed E-state index contributed by atoms with van der Waals surface area (Å²) in [6.07, 6.45) is 16.2. The molecular weight excluding hydrogens is 442 g/mol. The Morgan fingerprint density at radius 3 is 2.60 bits per heavy atom. The number of anilines is 3. The highest BCUT2D eigenvalue weighted by Gasteiger charge is 2.49. The molecule has 1 atom stereocenters. The molecule has 0 bridgehead atoms. The largest absolute Gasteiger partial charge is 0.352 e. The summed E-state index contributed by atoms with van der Waals surface area (Å²) >= 11 is 0. The number of carbonyl (C=O) groups is 2. The average molecular weight is 474 g/mol. The number of piperazine rings is 1. The van der Waals surface area contributed by atoms with Gasteiger partial charge in [0.15, 0.2) is 0 Å². The van der Waals surface area contributed by atoms with E-state index in [1.54, 1.807) is 24.5 Å². The molecule has 3 aliphatic heterocycles. The van der Waals surface area contributed by atoms with Crippen molar-refractivity contribution in [3.63, 3.8) is 0 Å². The predicted octanol–water partition coefficient (Wildman–Crippen LogP) is 3.28. The number of piperidine rings is 1. The Labute approximate surface area is 205 Å². The second kappa shape index (κ2) is 8.94. The first-order chi connectivity index (χ1) is 17.1. The summed E-state index contributed by atoms with van der Waals surface area (Å²) in [6, 6.07) is 3.24. The Morgan fingerprint density at radius 2 is 1.83 bits per heavy atom. The van der Waals surface area contributed by atoms with Gasteiger partial charge < -0.3 is 20.4 Å². The van der Waals surface area contributed by atoms with Crippen molar-refractivity contribution in [2.75, 3.05) is 29.9 Å². The van der Waals surface area contributed by atoms with Crippen molar-refractivity contribution in [2.45, 2.75) is 62.9 Å². The first-order valence-corrected chi connectivity index (χ1v) is 12.8. The summed E-state index contributed by atoms with van der Waals surface area (Å²) in [5.41, 5.74) is 1.40. The van der Waals surface area contributed by atoms with E-state index in [1.165, 1.54) is 12.8 Å². The van der Waals surface area contributed by atoms with Gasteiger partial charge in [-0.25, -0.2) is 9.97 Å². The summed E-state index contributed by atoms with van der Waals surface area (Å²) in [5.74, 6) is 1.85. The third-order valence-electron chi connectivity index (χ3n) is 7.81. The van der Waals surface area contributed by atoms with Gasteiger partial charge in [-0.1, -0.05) is 31.4 Å². The molecule has 2 aromatic heterocycles. The third kappa shape index (κ3) is 4.02. The SMILES string of the molecule is O=C1NCC2(CCCCC2)N2c3nc(Nc4ccc(C(=O)N5CCCCC5)cn4)ncc3C=CC12. The van der Waals surface area contributed by atoms with Gasteiger partial charge in [-0.05, 0) is 44.2 Å². The molecule has 182 valence electrons. The van der Waals surface area contributed by atoms with Crippen LogP contribution in [0.3, 0.4) is 0 Å². The minimum absolute atomic E-state index is 0.0202. The van der Waals surface area contributed by atoms with Crippen molar-refractivity contribution in [1.82, 2.24) is 25.2 Å². The molecular formula is C26H31N7O2. The predicted molar refractivity (Wildman–Crippen MR) is 133 cm³/mol. The molecule has 2 saturated heterocycles. The molecule has 1 aliphatic carbocycles. The minimum Gasteiger partial charge on any atom is -0.352 e. The number of hydrogen-bond donors (Lipinski definition) is 2. The Morgan fingerprint density at radius 1 is 1.03 bits per heavy atom. The number of nitrogens with zero attached hydrogens (tertiary/aromatic N) is 5. The van der Waals surface area contributed by atoms with Crippen molar-refractivity contribution >= 4 is 35.5 Å². The molecule has 9 nitrogen and oxygen atoms in total. The lowest BCUT2D eigenvalue weighted by molar-refractivity contribution is -0.123. The van der Waals surface area contributed by atoms with E-state index in [4.69, 9.17) is 4.98 Å². The van der Waals surface area contributed by atoms with Crippen LogP contribution in [0.25, 0.3) is 6.08 Å². The summed E-state index contributed by atoms with van der Waals surface area (Å²) in [6.45, 7) is 2.27. The van der Waals surface area contributed by atoms with E-state index in [9.17, 15) is 9.59 Å². The number of nitrogens with one attached hydrogen (secondary N) is 2. The van der Waals surface area contributed by atoms with Gasteiger partial charge in [-0.15, -0.1) is 0 Å². The van der Waals surface area contributed by atoms with Crippen LogP contribution < -0.4 is 15.5 Å². The molecule has 2 N–H and O–H groups in total. The molecule has 6 rings (SSSR count). The third-order valence-corrected chi connectivity index (χ3v) is 7.81. The summed E-state index contributed by atoms with van der Waals surface area (Å²) in [4.78, 5) is 43.4. The summed E-state index contributed by atoms with van der Waals surface area (Å²) in [7, 11) is 0. The summed E-state index contributed by atoms with van der Waals surface area (Å²) < 4.78 is 0. The molecule has 3 fully saturated rings. The zero-order chi connectivity index (χ0) is 23.8. The number of pyridine rings is 1. The van der Waals surface area contributed by atoms with Crippen LogP contribution in [-0.4, -0.2) is 62.9 Å². The van der Waals surface area contributed by atoms with E-state index >= 15 is 0 Å². The zero-order valence-electron chi connectivity index (χ0n) is 19.9. The van der Waals surface area contributed by atoms with E-state index < -0.39 is 0 Å². The fraction of sp³-hybridized carbons (Fsp3) is 0.500. The van der Waals surface area contributed by atoms with E-state index in [-0.39, 0.29) is 23.4 Å². The Kier molecular flexibility index (Phi) is 5.62. The second-order valence-electron chi connectivity index (χ2n) is 10.1. The van der Waals surface area contributed by atoms with Crippen molar-refractivity contribution in [2.24, 2.45) is 0 Å². The van der Waals surface area contributed by atoms with Gasteiger partial charge >= 0.3 is 0 Å². The van der Waals surface area contributed by atoms with Gasteiger partial charge in [-0.3, -0.25) is 9.59 Å². The normalized spacial score (nSPS) is 22.9. The number of likely N-dealkylation sites (tertiary alicyclic amines) is 1. The van der Waals surface area contributed by atoms with Crippen molar-refractivity contribution in [1.29, 1.82) is 0 Å². The molecule has 2 aromatic rings. The number of aromatic nitrogens is 3. The van der Waals surface area contributed by atoms with Crippen LogP contribution in [0.2, 0.25) is 0 Å². The van der Waals surface area contributed by atoms with Gasteiger partial charge in [0.1, 0.15) is 17.7 Å². The first-order valence-electron chi connectivity index (χ1n) is 12.8. The highest BCUT2D eigenvalue weighted by molar-refractivity contribution is 5.94. The van der Waals surface area contributed by atoms with Gasteiger partial charge in [0.05, 0.1) is 11.1 Å². The van der Waals surface area contributed by atoms with Crippen molar-refractivity contribution in [3.8, 4) is 0 Å².